The molecule has 146 valence electrons. The fourth-order valence-electron chi connectivity index (χ4n) is 2.96. The average molecular weight is 379 g/mol. The number of imidazole rings is 1. The van der Waals surface area contributed by atoms with Gasteiger partial charge in [0.2, 0.25) is 0 Å². The van der Waals surface area contributed by atoms with E-state index in [-0.39, 0.29) is 5.91 Å². The maximum atomic E-state index is 12.7. The fraction of sp³-hybridized carbons (Fsp3) is 0.273. The van der Waals surface area contributed by atoms with E-state index in [1.54, 1.807) is 25.4 Å². The maximum Gasteiger partial charge on any atom is 0.261 e. The van der Waals surface area contributed by atoms with Crippen LogP contribution in [0.15, 0.2) is 60.9 Å². The van der Waals surface area contributed by atoms with E-state index in [1.807, 2.05) is 61.0 Å². The zero-order chi connectivity index (χ0) is 19.9. The lowest BCUT2D eigenvalue weighted by Gasteiger charge is -2.18. The van der Waals surface area contributed by atoms with Crippen LogP contribution >= 0.6 is 0 Å². The second-order valence-electron chi connectivity index (χ2n) is 6.38. The molecule has 1 N–H and O–H groups in total. The number of hydrogen-bond acceptors (Lipinski definition) is 4. The number of ether oxygens (including phenoxy) is 2. The summed E-state index contributed by atoms with van der Waals surface area (Å²) < 4.78 is 13.0. The molecule has 1 atom stereocenters. The SMILES string of the molecule is CC[C@@H](Oc1ccc(OC)cc1)C(=O)NCc1ccccc1-n1ccnc1C. The number of carbonyl (C=O) groups is 1. The molecule has 0 aliphatic rings. The van der Waals surface area contributed by atoms with E-state index < -0.39 is 6.10 Å². The topological polar surface area (TPSA) is 65.4 Å². The number of rotatable bonds is 8. The molecule has 3 aromatic rings. The highest BCUT2D eigenvalue weighted by Crippen LogP contribution is 2.19. The monoisotopic (exact) mass is 379 g/mol. The van der Waals surface area contributed by atoms with Crippen molar-refractivity contribution < 1.29 is 14.3 Å². The van der Waals surface area contributed by atoms with Gasteiger partial charge in [0.15, 0.2) is 6.10 Å². The van der Waals surface area contributed by atoms with E-state index in [2.05, 4.69) is 10.3 Å². The van der Waals surface area contributed by atoms with Gasteiger partial charge in [-0.2, -0.15) is 0 Å². The van der Waals surface area contributed by atoms with Crippen molar-refractivity contribution in [2.75, 3.05) is 7.11 Å². The number of nitrogens with one attached hydrogen (secondary N) is 1. The Hall–Kier alpha value is -3.28. The lowest BCUT2D eigenvalue weighted by molar-refractivity contribution is -0.128. The van der Waals surface area contributed by atoms with Gasteiger partial charge >= 0.3 is 0 Å². The molecule has 0 bridgehead atoms. The van der Waals surface area contributed by atoms with E-state index in [0.717, 1.165) is 22.8 Å². The third-order valence-electron chi connectivity index (χ3n) is 4.53. The molecule has 2 aromatic carbocycles. The molecule has 1 amide bonds. The van der Waals surface area contributed by atoms with Crippen LogP contribution in [0.5, 0.6) is 11.5 Å². The number of hydrogen-bond donors (Lipinski definition) is 1. The second-order valence-corrected chi connectivity index (χ2v) is 6.38. The minimum atomic E-state index is -0.560. The summed E-state index contributed by atoms with van der Waals surface area (Å²) in [5.41, 5.74) is 2.01. The first-order valence-corrected chi connectivity index (χ1v) is 9.29. The Balaban J connectivity index is 1.66. The Labute approximate surface area is 165 Å². The van der Waals surface area contributed by atoms with E-state index in [9.17, 15) is 4.79 Å². The molecule has 0 saturated carbocycles. The van der Waals surface area contributed by atoms with Crippen LogP contribution in [0.3, 0.4) is 0 Å². The summed E-state index contributed by atoms with van der Waals surface area (Å²) in [6, 6.07) is 15.2. The average Bonchev–Trinajstić information content (AvgIpc) is 3.16. The zero-order valence-corrected chi connectivity index (χ0v) is 16.4. The first-order valence-electron chi connectivity index (χ1n) is 9.29. The van der Waals surface area contributed by atoms with Gasteiger partial charge in [0.05, 0.1) is 12.8 Å². The molecule has 0 unspecified atom stereocenters. The van der Waals surface area contributed by atoms with Crippen LogP contribution in [0.2, 0.25) is 0 Å². The van der Waals surface area contributed by atoms with Crippen molar-refractivity contribution in [3.8, 4) is 17.2 Å². The van der Waals surface area contributed by atoms with E-state index in [1.165, 1.54) is 0 Å². The standard InChI is InChI=1S/C22H25N3O3/c1-4-21(28-19-11-9-18(27-3)10-12-19)22(26)24-15-17-7-5-6-8-20(17)25-14-13-23-16(25)2/h5-14,21H,4,15H2,1-3H3,(H,24,26)/t21-/m1/s1. The molecule has 1 aromatic heterocycles. The van der Waals surface area contributed by atoms with Gasteiger partial charge < -0.3 is 19.4 Å². The molecule has 0 aliphatic carbocycles. The molecule has 0 spiro atoms. The summed E-state index contributed by atoms with van der Waals surface area (Å²) in [6.07, 6.45) is 3.69. The van der Waals surface area contributed by atoms with Crippen molar-refractivity contribution in [2.24, 2.45) is 0 Å². The number of methoxy groups -OCH3 is 1. The van der Waals surface area contributed by atoms with Crippen LogP contribution in [0.4, 0.5) is 0 Å². The minimum Gasteiger partial charge on any atom is -0.497 e. The Morgan fingerprint density at radius 1 is 1.14 bits per heavy atom. The summed E-state index contributed by atoms with van der Waals surface area (Å²) in [4.78, 5) is 16.9. The quantitative estimate of drug-likeness (QED) is 0.649. The smallest absolute Gasteiger partial charge is 0.261 e. The van der Waals surface area contributed by atoms with Crippen molar-refractivity contribution in [3.05, 3.63) is 72.3 Å². The molecule has 0 saturated heterocycles. The van der Waals surface area contributed by atoms with Gasteiger partial charge in [0.25, 0.3) is 5.91 Å². The second kappa shape index (κ2) is 9.08. The minimum absolute atomic E-state index is 0.143. The summed E-state index contributed by atoms with van der Waals surface area (Å²) in [7, 11) is 1.61. The van der Waals surface area contributed by atoms with Crippen LogP contribution in [0, 0.1) is 6.92 Å². The first kappa shape index (κ1) is 19.5. The number of benzene rings is 2. The van der Waals surface area contributed by atoms with E-state index in [4.69, 9.17) is 9.47 Å². The molecule has 3 rings (SSSR count). The van der Waals surface area contributed by atoms with Crippen LogP contribution in [-0.2, 0) is 11.3 Å². The summed E-state index contributed by atoms with van der Waals surface area (Å²) in [5, 5.41) is 2.99. The molecular weight excluding hydrogens is 354 g/mol. The first-order chi connectivity index (χ1) is 13.6. The lowest BCUT2D eigenvalue weighted by atomic mass is 10.1. The Morgan fingerprint density at radius 2 is 1.86 bits per heavy atom. The molecule has 0 fully saturated rings. The third-order valence-corrected chi connectivity index (χ3v) is 4.53. The van der Waals surface area contributed by atoms with Crippen molar-refractivity contribution in [2.45, 2.75) is 32.9 Å². The van der Waals surface area contributed by atoms with Crippen LogP contribution in [0.25, 0.3) is 5.69 Å². The summed E-state index contributed by atoms with van der Waals surface area (Å²) in [5.74, 6) is 2.14. The highest BCUT2D eigenvalue weighted by molar-refractivity contribution is 5.81. The molecule has 1 heterocycles. The number of aromatic nitrogens is 2. The Bertz CT molecular complexity index is 919. The molecular formula is C22H25N3O3. The van der Waals surface area contributed by atoms with Gasteiger partial charge in [0, 0.05) is 18.9 Å². The van der Waals surface area contributed by atoms with Gasteiger partial charge in [-0.15, -0.1) is 0 Å². The van der Waals surface area contributed by atoms with Crippen LogP contribution < -0.4 is 14.8 Å². The van der Waals surface area contributed by atoms with E-state index >= 15 is 0 Å². The summed E-state index contributed by atoms with van der Waals surface area (Å²) >= 11 is 0. The third kappa shape index (κ3) is 4.52. The van der Waals surface area contributed by atoms with Crippen molar-refractivity contribution in [1.82, 2.24) is 14.9 Å². The number of amides is 1. The van der Waals surface area contributed by atoms with Gasteiger partial charge in [-0.3, -0.25) is 4.79 Å². The van der Waals surface area contributed by atoms with Crippen LogP contribution in [0.1, 0.15) is 24.7 Å². The van der Waals surface area contributed by atoms with Gasteiger partial charge in [-0.05, 0) is 49.2 Å². The van der Waals surface area contributed by atoms with Gasteiger partial charge in [0.1, 0.15) is 17.3 Å². The highest BCUT2D eigenvalue weighted by Gasteiger charge is 2.18. The normalized spacial score (nSPS) is 11.7. The van der Waals surface area contributed by atoms with E-state index in [0.29, 0.717) is 18.7 Å². The van der Waals surface area contributed by atoms with Crippen molar-refractivity contribution >= 4 is 5.91 Å². The molecule has 6 heteroatoms. The zero-order valence-electron chi connectivity index (χ0n) is 16.4. The molecule has 28 heavy (non-hydrogen) atoms. The number of nitrogens with zero attached hydrogens (tertiary/aromatic N) is 2. The molecule has 0 radical (unpaired) electrons. The summed E-state index contributed by atoms with van der Waals surface area (Å²) in [6.45, 7) is 4.29. The predicted octanol–water partition coefficient (Wildman–Crippen LogP) is 3.66. The molecule has 6 nitrogen and oxygen atoms in total. The molecule has 0 aliphatic heterocycles. The number of aryl methyl sites for hydroxylation is 1. The fourth-order valence-corrected chi connectivity index (χ4v) is 2.96. The van der Waals surface area contributed by atoms with Gasteiger partial charge in [-0.25, -0.2) is 4.98 Å². The van der Waals surface area contributed by atoms with Gasteiger partial charge in [-0.1, -0.05) is 25.1 Å². The lowest BCUT2D eigenvalue weighted by Crippen LogP contribution is -2.37. The predicted molar refractivity (Wildman–Crippen MR) is 108 cm³/mol. The van der Waals surface area contributed by atoms with Crippen molar-refractivity contribution in [3.63, 3.8) is 0 Å². The Kier molecular flexibility index (Phi) is 6.32. The van der Waals surface area contributed by atoms with Crippen molar-refractivity contribution in [1.29, 1.82) is 0 Å². The number of carbonyl (C=O) groups excluding carboxylic acids is 1. The maximum absolute atomic E-state index is 12.7. The van der Waals surface area contributed by atoms with Crippen LogP contribution in [-0.4, -0.2) is 28.7 Å². The number of para-hydroxylation sites is 1. The Morgan fingerprint density at radius 3 is 2.50 bits per heavy atom. The largest absolute Gasteiger partial charge is 0.497 e. The highest BCUT2D eigenvalue weighted by atomic mass is 16.5.